The molecule has 0 aromatic carbocycles. The zero-order chi connectivity index (χ0) is 7.72. The minimum atomic E-state index is -1.89. The van der Waals surface area contributed by atoms with E-state index < -0.39 is 24.7 Å². The van der Waals surface area contributed by atoms with Crippen molar-refractivity contribution < 1.29 is 24.4 Å². The summed E-state index contributed by atoms with van der Waals surface area (Å²) in [6.07, 6.45) is -6.16. The summed E-state index contributed by atoms with van der Waals surface area (Å²) in [4.78, 5) is 0. The molecule has 1 rings (SSSR count). The third kappa shape index (κ3) is 1.27. The largest absolute Gasteiger partial charge is 0.388 e. The van der Waals surface area contributed by atoms with Crippen LogP contribution in [0.25, 0.3) is 0 Å². The normalized spacial score (nSPS) is 49.2. The van der Waals surface area contributed by atoms with E-state index in [9.17, 15) is 4.39 Å². The summed E-state index contributed by atoms with van der Waals surface area (Å²) in [6.45, 7) is -0.278. The molecule has 60 valence electrons. The number of ether oxygens (including phenoxy) is 1. The monoisotopic (exact) mass is 152 g/mol. The summed E-state index contributed by atoms with van der Waals surface area (Å²) in [5.74, 6) is 0. The van der Waals surface area contributed by atoms with Crippen LogP contribution in [0.5, 0.6) is 0 Å². The van der Waals surface area contributed by atoms with Gasteiger partial charge < -0.3 is 20.1 Å². The second kappa shape index (κ2) is 2.79. The number of rotatable bonds is 0. The second-order valence-corrected chi connectivity index (χ2v) is 2.23. The lowest BCUT2D eigenvalue weighted by molar-refractivity contribution is -0.224. The van der Waals surface area contributed by atoms with Gasteiger partial charge in [0.1, 0.15) is 18.3 Å². The van der Waals surface area contributed by atoms with Gasteiger partial charge in [-0.15, -0.1) is 0 Å². The molecule has 5 heteroatoms. The van der Waals surface area contributed by atoms with Crippen LogP contribution in [0, 0.1) is 0 Å². The van der Waals surface area contributed by atoms with Gasteiger partial charge in [-0.05, 0) is 0 Å². The number of alkyl halides is 1. The molecule has 1 unspecified atom stereocenters. The van der Waals surface area contributed by atoms with Crippen molar-refractivity contribution in [1.82, 2.24) is 0 Å². The topological polar surface area (TPSA) is 69.9 Å². The van der Waals surface area contributed by atoms with Crippen molar-refractivity contribution in [2.24, 2.45) is 0 Å². The Kier molecular flexibility index (Phi) is 2.20. The summed E-state index contributed by atoms with van der Waals surface area (Å²) in [7, 11) is 0. The first-order chi connectivity index (χ1) is 4.63. The number of aliphatic hydroxyl groups excluding tert-OH is 3. The van der Waals surface area contributed by atoms with E-state index in [2.05, 4.69) is 4.74 Å². The fourth-order valence-electron chi connectivity index (χ4n) is 0.770. The molecule has 3 N–H and O–H groups in total. The predicted octanol–water partition coefficient (Wildman–Crippen LogP) is -1.61. The van der Waals surface area contributed by atoms with E-state index in [1.807, 2.05) is 0 Å². The van der Waals surface area contributed by atoms with Crippen LogP contribution in [-0.4, -0.2) is 46.6 Å². The molecule has 0 amide bonds. The molecule has 1 fully saturated rings. The molecule has 10 heavy (non-hydrogen) atoms. The lowest BCUT2D eigenvalue weighted by atomic mass is 10.1. The average Bonchev–Trinajstić information content (AvgIpc) is 1.93. The Bertz CT molecular complexity index is 106. The van der Waals surface area contributed by atoms with Gasteiger partial charge in [0.05, 0.1) is 6.61 Å². The van der Waals surface area contributed by atoms with Crippen LogP contribution in [0.2, 0.25) is 0 Å². The van der Waals surface area contributed by atoms with E-state index in [-0.39, 0.29) is 6.61 Å². The van der Waals surface area contributed by atoms with Gasteiger partial charge in [0.15, 0.2) is 0 Å². The van der Waals surface area contributed by atoms with Gasteiger partial charge in [0.25, 0.3) is 0 Å². The first kappa shape index (κ1) is 7.87. The maximum atomic E-state index is 12.3. The lowest BCUT2D eigenvalue weighted by Gasteiger charge is -2.30. The highest BCUT2D eigenvalue weighted by molar-refractivity contribution is 4.81. The molecule has 4 nitrogen and oxygen atoms in total. The van der Waals surface area contributed by atoms with E-state index in [1.165, 1.54) is 0 Å². The van der Waals surface area contributed by atoms with E-state index in [0.29, 0.717) is 0 Å². The summed E-state index contributed by atoms with van der Waals surface area (Å²) >= 11 is 0. The molecule has 0 aromatic rings. The molecule has 1 aliphatic heterocycles. The highest BCUT2D eigenvalue weighted by atomic mass is 19.1. The number of hydrogen-bond donors (Lipinski definition) is 3. The van der Waals surface area contributed by atoms with E-state index in [1.54, 1.807) is 0 Å². The zero-order valence-corrected chi connectivity index (χ0v) is 5.14. The highest BCUT2D eigenvalue weighted by Gasteiger charge is 2.37. The van der Waals surface area contributed by atoms with Gasteiger partial charge in [0, 0.05) is 0 Å². The molecule has 0 bridgehead atoms. The average molecular weight is 152 g/mol. The van der Waals surface area contributed by atoms with Crippen molar-refractivity contribution in [3.8, 4) is 0 Å². The summed E-state index contributed by atoms with van der Waals surface area (Å²) in [6, 6.07) is 0. The van der Waals surface area contributed by atoms with Gasteiger partial charge in [-0.1, -0.05) is 0 Å². The van der Waals surface area contributed by atoms with E-state index >= 15 is 0 Å². The van der Waals surface area contributed by atoms with Crippen molar-refractivity contribution in [3.63, 3.8) is 0 Å². The molecule has 1 heterocycles. The first-order valence-electron chi connectivity index (χ1n) is 2.93. The Labute approximate surface area is 56.9 Å². The van der Waals surface area contributed by atoms with Crippen molar-refractivity contribution in [1.29, 1.82) is 0 Å². The quantitative estimate of drug-likeness (QED) is 0.391. The third-order valence-corrected chi connectivity index (χ3v) is 1.44. The van der Waals surface area contributed by atoms with Crippen LogP contribution in [-0.2, 0) is 4.74 Å². The molecular formula is C5H9FO4. The molecule has 0 radical (unpaired) electrons. The number of aliphatic hydroxyl groups is 3. The molecule has 1 saturated heterocycles. The Morgan fingerprint density at radius 3 is 2.30 bits per heavy atom. The molecule has 0 aromatic heterocycles. The molecule has 1 aliphatic rings. The van der Waals surface area contributed by atoms with Crippen LogP contribution >= 0.6 is 0 Å². The van der Waals surface area contributed by atoms with Gasteiger partial charge in [-0.3, -0.25) is 0 Å². The number of hydrogen-bond acceptors (Lipinski definition) is 4. The SMILES string of the molecule is O[C@@H]1[C@H](O)COC(F)[C@@H]1O. The summed E-state index contributed by atoms with van der Waals surface area (Å²) in [5, 5.41) is 26.3. The predicted molar refractivity (Wildman–Crippen MR) is 28.9 cm³/mol. The van der Waals surface area contributed by atoms with Crippen molar-refractivity contribution in [2.75, 3.05) is 6.61 Å². The minimum absolute atomic E-state index is 0.278. The molecular weight excluding hydrogens is 143 g/mol. The Balaban J connectivity index is 2.52. The van der Waals surface area contributed by atoms with Crippen molar-refractivity contribution >= 4 is 0 Å². The van der Waals surface area contributed by atoms with Crippen molar-refractivity contribution in [3.05, 3.63) is 0 Å². The van der Waals surface area contributed by atoms with Crippen LogP contribution in [0.4, 0.5) is 4.39 Å². The summed E-state index contributed by atoms with van der Waals surface area (Å²) in [5.41, 5.74) is 0. The van der Waals surface area contributed by atoms with Gasteiger partial charge in [0.2, 0.25) is 6.36 Å². The third-order valence-electron chi connectivity index (χ3n) is 1.44. The maximum absolute atomic E-state index is 12.3. The number of halogens is 1. The van der Waals surface area contributed by atoms with Crippen LogP contribution in [0.3, 0.4) is 0 Å². The van der Waals surface area contributed by atoms with Crippen LogP contribution < -0.4 is 0 Å². The maximum Gasteiger partial charge on any atom is 0.227 e. The molecule has 4 atom stereocenters. The minimum Gasteiger partial charge on any atom is -0.388 e. The smallest absolute Gasteiger partial charge is 0.227 e. The van der Waals surface area contributed by atoms with Crippen LogP contribution in [0.1, 0.15) is 0 Å². The Hall–Kier alpha value is -0.230. The zero-order valence-electron chi connectivity index (χ0n) is 5.14. The molecule has 0 spiro atoms. The molecule has 0 aliphatic carbocycles. The Morgan fingerprint density at radius 1 is 1.20 bits per heavy atom. The van der Waals surface area contributed by atoms with E-state index in [0.717, 1.165) is 0 Å². The fourth-order valence-corrected chi connectivity index (χ4v) is 0.770. The van der Waals surface area contributed by atoms with E-state index in [4.69, 9.17) is 15.3 Å². The Morgan fingerprint density at radius 2 is 1.80 bits per heavy atom. The first-order valence-corrected chi connectivity index (χ1v) is 2.93. The fraction of sp³-hybridized carbons (Fsp3) is 1.00. The van der Waals surface area contributed by atoms with Crippen molar-refractivity contribution in [2.45, 2.75) is 24.7 Å². The summed E-state index contributed by atoms with van der Waals surface area (Å²) < 4.78 is 16.5. The standard InChI is InChI=1S/C5H9FO4/c6-5-4(9)3(8)2(7)1-10-5/h2-5,7-9H,1H2/t2-,3-,4-,5?/m1/s1. The van der Waals surface area contributed by atoms with Gasteiger partial charge >= 0.3 is 0 Å². The van der Waals surface area contributed by atoms with Gasteiger partial charge in [-0.2, -0.15) is 0 Å². The molecule has 0 saturated carbocycles. The van der Waals surface area contributed by atoms with Gasteiger partial charge in [-0.25, -0.2) is 4.39 Å². The van der Waals surface area contributed by atoms with Crippen LogP contribution in [0.15, 0.2) is 0 Å². The second-order valence-electron chi connectivity index (χ2n) is 2.23. The highest BCUT2D eigenvalue weighted by Crippen LogP contribution is 2.15. The lowest BCUT2D eigenvalue weighted by Crippen LogP contribution is -2.51.